The van der Waals surface area contributed by atoms with Crippen molar-refractivity contribution in [1.82, 2.24) is 0 Å². The molecule has 0 unspecified atom stereocenters. The summed E-state index contributed by atoms with van der Waals surface area (Å²) in [6.07, 6.45) is 2.86. The molecule has 1 rings (SSSR count). The van der Waals surface area contributed by atoms with Gasteiger partial charge in [0, 0.05) is 24.0 Å². The van der Waals surface area contributed by atoms with E-state index in [2.05, 4.69) is 0 Å². The van der Waals surface area contributed by atoms with E-state index in [0.29, 0.717) is 25.7 Å². The van der Waals surface area contributed by atoms with Gasteiger partial charge >= 0.3 is 0 Å². The number of hydrogen-bond acceptors (Lipinski definition) is 4. The van der Waals surface area contributed by atoms with E-state index in [9.17, 15) is 18.5 Å². The van der Waals surface area contributed by atoms with Gasteiger partial charge in [0.25, 0.3) is 0 Å². The average Bonchev–Trinajstić information content (AvgIpc) is 2.03. The Morgan fingerprint density at radius 3 is 2.00 bits per heavy atom. The lowest BCUT2D eigenvalue weighted by Crippen LogP contribution is -2.32. The van der Waals surface area contributed by atoms with E-state index in [1.54, 1.807) is 0 Å². The second-order valence-electron chi connectivity index (χ2n) is 3.55. The largest absolute Gasteiger partial charge is 0.264 e. The number of rotatable bonds is 2. The molecule has 0 aliphatic heterocycles. The minimum atomic E-state index is -3.00. The highest BCUT2D eigenvalue weighted by Gasteiger charge is 2.32. The molecule has 76 valence electrons. The third-order valence-electron chi connectivity index (χ3n) is 2.55. The van der Waals surface area contributed by atoms with Crippen molar-refractivity contribution < 1.29 is 13.3 Å². The Hall–Kier alpha value is -0.650. The molecule has 0 heterocycles. The number of sulfone groups is 1. The molecule has 13 heavy (non-hydrogen) atoms. The van der Waals surface area contributed by atoms with Gasteiger partial charge in [0.05, 0.1) is 5.25 Å². The summed E-state index contributed by atoms with van der Waals surface area (Å²) in [6.45, 7) is 0. The Kier molecular flexibility index (Phi) is 2.90. The minimum absolute atomic E-state index is 0.307. The number of hydrogen-bond donors (Lipinski definition) is 0. The van der Waals surface area contributed by atoms with Crippen molar-refractivity contribution in [3.8, 4) is 0 Å². The van der Waals surface area contributed by atoms with Crippen molar-refractivity contribution in [2.75, 3.05) is 6.26 Å². The fourth-order valence-corrected chi connectivity index (χ4v) is 2.81. The van der Waals surface area contributed by atoms with Crippen LogP contribution in [0.3, 0.4) is 0 Å². The topological polar surface area (TPSA) is 77.3 Å². The van der Waals surface area contributed by atoms with E-state index in [-0.39, 0.29) is 10.2 Å². The van der Waals surface area contributed by atoms with E-state index >= 15 is 0 Å². The average molecular weight is 207 g/mol. The van der Waals surface area contributed by atoms with Crippen molar-refractivity contribution in [1.29, 1.82) is 0 Å². The molecule has 0 amide bonds. The van der Waals surface area contributed by atoms with E-state index < -0.39 is 15.9 Å². The summed E-state index contributed by atoms with van der Waals surface area (Å²) in [5, 5.41) is 10.0. The maximum atomic E-state index is 11.1. The summed E-state index contributed by atoms with van der Waals surface area (Å²) in [7, 11) is -3.00. The van der Waals surface area contributed by atoms with Gasteiger partial charge < -0.3 is 0 Å². The SMILES string of the molecule is CS(=O)(=O)C1CCC([N+](=O)[O-])CC1. The van der Waals surface area contributed by atoms with Gasteiger partial charge in [-0.25, -0.2) is 8.42 Å². The first kappa shape index (κ1) is 10.4. The first-order valence-electron chi connectivity index (χ1n) is 4.23. The van der Waals surface area contributed by atoms with Crippen LogP contribution in [-0.4, -0.2) is 30.9 Å². The third-order valence-corrected chi connectivity index (χ3v) is 4.23. The fourth-order valence-electron chi connectivity index (χ4n) is 1.68. The van der Waals surface area contributed by atoms with Crippen LogP contribution in [0.4, 0.5) is 0 Å². The van der Waals surface area contributed by atoms with Gasteiger partial charge in [-0.3, -0.25) is 10.1 Å². The van der Waals surface area contributed by atoms with Crippen LogP contribution >= 0.6 is 0 Å². The maximum Gasteiger partial charge on any atom is 0.213 e. The highest BCUT2D eigenvalue weighted by molar-refractivity contribution is 7.91. The molecule has 0 aromatic carbocycles. The molecular formula is C7H13NO4S. The van der Waals surface area contributed by atoms with Gasteiger partial charge in [0.15, 0.2) is 0 Å². The van der Waals surface area contributed by atoms with Gasteiger partial charge in [-0.2, -0.15) is 0 Å². The maximum absolute atomic E-state index is 11.1. The third kappa shape index (κ3) is 2.65. The second kappa shape index (κ2) is 3.61. The standard InChI is InChI=1S/C7H13NO4S/c1-13(11,12)7-4-2-6(3-5-7)8(9)10/h6-7H,2-5H2,1H3. The highest BCUT2D eigenvalue weighted by Crippen LogP contribution is 2.25. The highest BCUT2D eigenvalue weighted by atomic mass is 32.2. The van der Waals surface area contributed by atoms with Crippen LogP contribution in [0.2, 0.25) is 0 Å². The van der Waals surface area contributed by atoms with Crippen LogP contribution in [-0.2, 0) is 9.84 Å². The van der Waals surface area contributed by atoms with E-state index in [1.165, 1.54) is 6.26 Å². The molecule has 6 heteroatoms. The quantitative estimate of drug-likeness (QED) is 0.491. The number of nitro groups is 1. The molecule has 0 aromatic heterocycles. The van der Waals surface area contributed by atoms with Crippen molar-refractivity contribution in [3.63, 3.8) is 0 Å². The summed E-state index contributed by atoms with van der Waals surface area (Å²) < 4.78 is 22.2. The van der Waals surface area contributed by atoms with Crippen LogP contribution in [0.1, 0.15) is 25.7 Å². The lowest BCUT2D eigenvalue weighted by atomic mass is 9.96. The van der Waals surface area contributed by atoms with Crippen molar-refractivity contribution in [2.45, 2.75) is 37.0 Å². The lowest BCUT2D eigenvalue weighted by Gasteiger charge is -2.22. The summed E-state index contributed by atoms with van der Waals surface area (Å²) in [5.74, 6) is 0. The van der Waals surface area contributed by atoms with Crippen LogP contribution < -0.4 is 0 Å². The molecule has 1 aliphatic rings. The zero-order chi connectivity index (χ0) is 10.1. The molecule has 5 nitrogen and oxygen atoms in total. The molecule has 1 aliphatic carbocycles. The predicted octanol–water partition coefficient (Wildman–Crippen LogP) is 0.619. The van der Waals surface area contributed by atoms with Crippen LogP contribution in [0, 0.1) is 10.1 Å². The Bertz CT molecular complexity index is 290. The van der Waals surface area contributed by atoms with Crippen molar-refractivity contribution >= 4 is 9.84 Å². The Morgan fingerprint density at radius 1 is 1.23 bits per heavy atom. The van der Waals surface area contributed by atoms with Gasteiger partial charge in [0.1, 0.15) is 9.84 Å². The Balaban J connectivity index is 2.53. The van der Waals surface area contributed by atoms with E-state index in [4.69, 9.17) is 0 Å². The van der Waals surface area contributed by atoms with Crippen molar-refractivity contribution in [2.24, 2.45) is 0 Å². The Morgan fingerprint density at radius 2 is 1.69 bits per heavy atom. The first-order chi connectivity index (χ1) is 5.91. The van der Waals surface area contributed by atoms with Crippen molar-refractivity contribution in [3.05, 3.63) is 10.1 Å². The molecule has 0 N–H and O–H groups in total. The Labute approximate surface area is 77.2 Å². The molecule has 0 bridgehead atoms. The summed E-state index contributed by atoms with van der Waals surface area (Å²) >= 11 is 0. The predicted molar refractivity (Wildman–Crippen MR) is 47.9 cm³/mol. The van der Waals surface area contributed by atoms with Gasteiger partial charge in [-0.15, -0.1) is 0 Å². The summed E-state index contributed by atoms with van der Waals surface area (Å²) in [6, 6.07) is -0.530. The smallest absolute Gasteiger partial charge is 0.213 e. The minimum Gasteiger partial charge on any atom is -0.264 e. The molecular weight excluding hydrogens is 194 g/mol. The van der Waals surface area contributed by atoms with Crippen LogP contribution in [0.15, 0.2) is 0 Å². The van der Waals surface area contributed by atoms with Crippen LogP contribution in [0.25, 0.3) is 0 Å². The molecule has 0 saturated heterocycles. The van der Waals surface area contributed by atoms with Gasteiger partial charge in [-0.05, 0) is 12.8 Å². The summed E-state index contributed by atoms with van der Waals surface area (Å²) in [4.78, 5) is 10.1. The lowest BCUT2D eigenvalue weighted by molar-refractivity contribution is -0.526. The summed E-state index contributed by atoms with van der Waals surface area (Å²) in [5.41, 5.74) is 0. The zero-order valence-electron chi connectivity index (χ0n) is 7.47. The number of nitrogens with zero attached hydrogens (tertiary/aromatic N) is 1. The molecule has 1 fully saturated rings. The molecule has 0 aromatic rings. The molecule has 0 spiro atoms. The van der Waals surface area contributed by atoms with Crippen LogP contribution in [0.5, 0.6) is 0 Å². The van der Waals surface area contributed by atoms with Gasteiger partial charge in [-0.1, -0.05) is 0 Å². The second-order valence-corrected chi connectivity index (χ2v) is 5.87. The molecule has 0 radical (unpaired) electrons. The fraction of sp³-hybridized carbons (Fsp3) is 1.00. The normalized spacial score (nSPS) is 29.9. The zero-order valence-corrected chi connectivity index (χ0v) is 8.29. The molecule has 0 atom stereocenters. The molecule has 1 saturated carbocycles. The van der Waals surface area contributed by atoms with Gasteiger partial charge in [0.2, 0.25) is 6.04 Å². The van der Waals surface area contributed by atoms with E-state index in [1.807, 2.05) is 0 Å². The first-order valence-corrected chi connectivity index (χ1v) is 6.19. The monoisotopic (exact) mass is 207 g/mol. The van der Waals surface area contributed by atoms with E-state index in [0.717, 1.165) is 0 Å².